The number of anilines is 1. The topological polar surface area (TPSA) is 67.3 Å². The number of aromatic nitrogens is 2. The third-order valence-corrected chi connectivity index (χ3v) is 4.78. The number of ether oxygens (including phenoxy) is 1. The van der Waals surface area contributed by atoms with Crippen molar-refractivity contribution in [3.8, 4) is 5.88 Å². The van der Waals surface area contributed by atoms with Gasteiger partial charge in [-0.15, -0.1) is 0 Å². The van der Waals surface area contributed by atoms with Gasteiger partial charge in [0, 0.05) is 31.1 Å². The third kappa shape index (κ3) is 4.78. The Morgan fingerprint density at radius 2 is 2.07 bits per heavy atom. The van der Waals surface area contributed by atoms with Crippen molar-refractivity contribution in [1.29, 1.82) is 0 Å². The number of carbonyl (C=O) groups is 1. The molecular formula is C19H21F3N4O2. The number of likely N-dealkylation sites (tertiary alicyclic amines) is 1. The smallest absolute Gasteiger partial charge is 0.261 e. The fourth-order valence-electron chi connectivity index (χ4n) is 3.25. The molecule has 0 aromatic carbocycles. The van der Waals surface area contributed by atoms with Crippen LogP contribution in [0.1, 0.15) is 24.8 Å². The minimum Gasteiger partial charge on any atom is -0.481 e. The van der Waals surface area contributed by atoms with Crippen molar-refractivity contribution >= 4 is 11.7 Å². The molecule has 1 amide bonds. The number of methoxy groups -OCH3 is 1. The number of nitrogens with zero attached hydrogens (tertiary/aromatic N) is 3. The molecule has 1 saturated heterocycles. The first-order chi connectivity index (χ1) is 13.3. The molecule has 0 saturated carbocycles. The van der Waals surface area contributed by atoms with Crippen LogP contribution in [-0.4, -0.2) is 52.9 Å². The standard InChI is InChI=1S/C19H21F3N4O2/c1-12(18(27)25-16-5-4-15(20)9-23-16)26-10-14(7-19(21,22)11-26)13-3-6-17(28-2)24-8-13/h3-6,8-9,12,14H,7,10-11H2,1-2H3,(H,23,25,27)/t12-,14?/m0/s1. The molecule has 3 rings (SSSR count). The van der Waals surface area contributed by atoms with E-state index in [1.54, 1.807) is 19.1 Å². The average molecular weight is 394 g/mol. The Morgan fingerprint density at radius 3 is 2.68 bits per heavy atom. The summed E-state index contributed by atoms with van der Waals surface area (Å²) in [6.07, 6.45) is 2.18. The van der Waals surface area contributed by atoms with Gasteiger partial charge in [-0.2, -0.15) is 0 Å². The van der Waals surface area contributed by atoms with E-state index < -0.39 is 36.2 Å². The fourth-order valence-corrected chi connectivity index (χ4v) is 3.25. The van der Waals surface area contributed by atoms with Crippen LogP contribution in [0.25, 0.3) is 0 Å². The lowest BCUT2D eigenvalue weighted by Crippen LogP contribution is -2.53. The van der Waals surface area contributed by atoms with Gasteiger partial charge in [0.1, 0.15) is 11.6 Å². The second kappa shape index (κ2) is 8.14. The highest BCUT2D eigenvalue weighted by Gasteiger charge is 2.43. The van der Waals surface area contributed by atoms with Crippen molar-refractivity contribution in [1.82, 2.24) is 14.9 Å². The van der Waals surface area contributed by atoms with Gasteiger partial charge < -0.3 is 10.1 Å². The van der Waals surface area contributed by atoms with Gasteiger partial charge in [0.05, 0.1) is 25.9 Å². The molecule has 150 valence electrons. The summed E-state index contributed by atoms with van der Waals surface area (Å²) in [5.74, 6) is -3.85. The molecule has 0 bridgehead atoms. The highest BCUT2D eigenvalue weighted by atomic mass is 19.3. The number of nitrogens with one attached hydrogen (secondary N) is 1. The van der Waals surface area contributed by atoms with Gasteiger partial charge in [0.25, 0.3) is 5.92 Å². The first kappa shape index (κ1) is 20.1. The number of hydrogen-bond donors (Lipinski definition) is 1. The summed E-state index contributed by atoms with van der Waals surface area (Å²) in [6, 6.07) is 5.00. The monoisotopic (exact) mass is 394 g/mol. The van der Waals surface area contributed by atoms with Crippen molar-refractivity contribution in [2.45, 2.75) is 31.2 Å². The first-order valence-corrected chi connectivity index (χ1v) is 8.81. The third-order valence-electron chi connectivity index (χ3n) is 4.78. The van der Waals surface area contributed by atoms with E-state index in [1.165, 1.54) is 24.3 Å². The molecule has 1 unspecified atom stereocenters. The summed E-state index contributed by atoms with van der Waals surface area (Å²) < 4.78 is 46.6. The molecule has 9 heteroatoms. The summed E-state index contributed by atoms with van der Waals surface area (Å²) in [6.45, 7) is 1.33. The summed E-state index contributed by atoms with van der Waals surface area (Å²) in [5, 5.41) is 2.53. The number of rotatable bonds is 5. The normalized spacial score (nSPS) is 20.4. The number of hydrogen-bond acceptors (Lipinski definition) is 5. The predicted molar refractivity (Wildman–Crippen MR) is 97.0 cm³/mol. The fraction of sp³-hybridized carbons (Fsp3) is 0.421. The largest absolute Gasteiger partial charge is 0.481 e. The van der Waals surface area contributed by atoms with E-state index in [4.69, 9.17) is 4.74 Å². The molecule has 3 heterocycles. The van der Waals surface area contributed by atoms with Crippen LogP contribution in [0.4, 0.5) is 19.0 Å². The highest BCUT2D eigenvalue weighted by Crippen LogP contribution is 2.37. The van der Waals surface area contributed by atoms with Crippen LogP contribution in [0.2, 0.25) is 0 Å². The molecule has 6 nitrogen and oxygen atoms in total. The van der Waals surface area contributed by atoms with Crippen molar-refractivity contribution < 1.29 is 22.7 Å². The van der Waals surface area contributed by atoms with E-state index in [0.29, 0.717) is 11.4 Å². The van der Waals surface area contributed by atoms with E-state index in [-0.39, 0.29) is 18.8 Å². The molecule has 1 N–H and O–H groups in total. The van der Waals surface area contributed by atoms with Crippen molar-refractivity contribution in [3.05, 3.63) is 48.0 Å². The minimum atomic E-state index is -2.94. The van der Waals surface area contributed by atoms with Crippen molar-refractivity contribution in [2.75, 3.05) is 25.5 Å². The second-order valence-corrected chi connectivity index (χ2v) is 6.85. The van der Waals surface area contributed by atoms with E-state index >= 15 is 0 Å². The molecule has 28 heavy (non-hydrogen) atoms. The lowest BCUT2D eigenvalue weighted by atomic mass is 9.88. The zero-order chi connectivity index (χ0) is 20.3. The molecule has 1 fully saturated rings. The maximum Gasteiger partial charge on any atom is 0.261 e. The number of amides is 1. The average Bonchev–Trinajstić information content (AvgIpc) is 2.68. The summed E-state index contributed by atoms with van der Waals surface area (Å²) in [4.78, 5) is 21.8. The van der Waals surface area contributed by atoms with Crippen LogP contribution in [0.15, 0.2) is 36.7 Å². The molecule has 0 spiro atoms. The first-order valence-electron chi connectivity index (χ1n) is 8.81. The molecule has 0 aliphatic carbocycles. The van der Waals surface area contributed by atoms with E-state index in [2.05, 4.69) is 15.3 Å². The molecule has 1 aliphatic rings. The Hall–Kier alpha value is -2.68. The lowest BCUT2D eigenvalue weighted by molar-refractivity contribution is -0.126. The quantitative estimate of drug-likeness (QED) is 0.844. The van der Waals surface area contributed by atoms with E-state index in [9.17, 15) is 18.0 Å². The van der Waals surface area contributed by atoms with Gasteiger partial charge in [-0.05, 0) is 24.6 Å². The Morgan fingerprint density at radius 1 is 1.29 bits per heavy atom. The predicted octanol–water partition coefficient (Wildman–Crippen LogP) is 3.08. The maximum absolute atomic E-state index is 14.4. The zero-order valence-corrected chi connectivity index (χ0v) is 15.5. The number of pyridine rings is 2. The molecule has 2 aromatic rings. The molecular weight excluding hydrogens is 373 g/mol. The van der Waals surface area contributed by atoms with Gasteiger partial charge in [-0.3, -0.25) is 9.69 Å². The highest BCUT2D eigenvalue weighted by molar-refractivity contribution is 5.93. The van der Waals surface area contributed by atoms with Gasteiger partial charge in [-0.1, -0.05) is 6.07 Å². The van der Waals surface area contributed by atoms with Crippen molar-refractivity contribution in [2.24, 2.45) is 0 Å². The van der Waals surface area contributed by atoms with Crippen LogP contribution in [0.3, 0.4) is 0 Å². The summed E-state index contributed by atoms with van der Waals surface area (Å²) in [5.41, 5.74) is 0.665. The zero-order valence-electron chi connectivity index (χ0n) is 15.5. The van der Waals surface area contributed by atoms with Crippen LogP contribution in [0.5, 0.6) is 5.88 Å². The Bertz CT molecular complexity index is 815. The molecule has 2 aromatic heterocycles. The number of piperidine rings is 1. The van der Waals surface area contributed by atoms with Gasteiger partial charge in [0.2, 0.25) is 11.8 Å². The number of carbonyl (C=O) groups excluding carboxylic acids is 1. The van der Waals surface area contributed by atoms with Crippen LogP contribution in [-0.2, 0) is 4.79 Å². The van der Waals surface area contributed by atoms with Crippen LogP contribution in [0, 0.1) is 5.82 Å². The molecule has 0 radical (unpaired) electrons. The van der Waals surface area contributed by atoms with Crippen molar-refractivity contribution in [3.63, 3.8) is 0 Å². The van der Waals surface area contributed by atoms with E-state index in [0.717, 1.165) is 12.3 Å². The lowest BCUT2D eigenvalue weighted by Gasteiger charge is -2.40. The summed E-state index contributed by atoms with van der Waals surface area (Å²) >= 11 is 0. The molecule has 2 atom stereocenters. The van der Waals surface area contributed by atoms with Crippen LogP contribution >= 0.6 is 0 Å². The van der Waals surface area contributed by atoms with Gasteiger partial charge in [-0.25, -0.2) is 23.1 Å². The van der Waals surface area contributed by atoms with Gasteiger partial charge >= 0.3 is 0 Å². The Labute approximate surface area is 160 Å². The van der Waals surface area contributed by atoms with E-state index in [1.807, 2.05) is 0 Å². The second-order valence-electron chi connectivity index (χ2n) is 6.85. The Kier molecular flexibility index (Phi) is 5.83. The SMILES string of the molecule is COc1ccc(C2CN([C@@H](C)C(=O)Nc3ccc(F)cn3)CC(F)(F)C2)cn1. The Balaban J connectivity index is 1.72. The minimum absolute atomic E-state index is 0.165. The number of halogens is 3. The van der Waals surface area contributed by atoms with Gasteiger partial charge in [0.15, 0.2) is 0 Å². The molecule has 1 aliphatic heterocycles. The maximum atomic E-state index is 14.4. The number of alkyl halides is 2. The summed E-state index contributed by atoms with van der Waals surface area (Å²) in [7, 11) is 1.48. The van der Waals surface area contributed by atoms with Crippen LogP contribution < -0.4 is 10.1 Å².